The van der Waals surface area contributed by atoms with E-state index in [0.717, 1.165) is 36.2 Å². The number of hydrogen-bond acceptors (Lipinski definition) is 3. The Kier molecular flexibility index (Phi) is 3.56. The molecule has 0 N–H and O–H groups in total. The molecule has 0 atom stereocenters. The highest BCUT2D eigenvalue weighted by atomic mass is 35.5. The first kappa shape index (κ1) is 12.7. The summed E-state index contributed by atoms with van der Waals surface area (Å²) in [6, 6.07) is 6.41. The molecular formula is C15H18ClN3. The highest BCUT2D eigenvalue weighted by Gasteiger charge is 2.16. The van der Waals surface area contributed by atoms with Crippen molar-refractivity contribution in [3.63, 3.8) is 0 Å². The van der Waals surface area contributed by atoms with Crippen molar-refractivity contribution in [3.05, 3.63) is 29.0 Å². The molecule has 19 heavy (non-hydrogen) atoms. The number of fused-ring (bicyclic) bond motifs is 1. The fourth-order valence-electron chi connectivity index (χ4n) is 2.70. The smallest absolute Gasteiger partial charge is 0.224 e. The van der Waals surface area contributed by atoms with E-state index < -0.39 is 0 Å². The molecule has 2 heterocycles. The van der Waals surface area contributed by atoms with Crippen LogP contribution in [0, 0.1) is 0 Å². The van der Waals surface area contributed by atoms with Gasteiger partial charge in [0.2, 0.25) is 5.28 Å². The van der Waals surface area contributed by atoms with E-state index in [1.807, 2.05) is 0 Å². The fraction of sp³-hybridized carbons (Fsp3) is 0.467. The van der Waals surface area contributed by atoms with Gasteiger partial charge in [0.1, 0.15) is 5.82 Å². The summed E-state index contributed by atoms with van der Waals surface area (Å²) >= 11 is 6.09. The van der Waals surface area contributed by atoms with Crippen LogP contribution in [-0.4, -0.2) is 23.1 Å². The molecule has 1 aromatic heterocycles. The first-order chi connectivity index (χ1) is 9.28. The first-order valence-electron chi connectivity index (χ1n) is 6.99. The number of anilines is 1. The number of piperidine rings is 1. The largest absolute Gasteiger partial charge is 0.356 e. The summed E-state index contributed by atoms with van der Waals surface area (Å²) in [6.07, 6.45) is 4.79. The molecule has 0 amide bonds. The van der Waals surface area contributed by atoms with Crippen molar-refractivity contribution < 1.29 is 0 Å². The Morgan fingerprint density at radius 2 is 1.95 bits per heavy atom. The number of nitrogens with zero attached hydrogens (tertiary/aromatic N) is 3. The molecule has 3 rings (SSSR count). The molecule has 1 aromatic carbocycles. The molecule has 1 saturated heterocycles. The number of hydrogen-bond donors (Lipinski definition) is 0. The SMILES string of the molecule is CCc1ccc2c(N3CCCCC3)nc(Cl)nc2c1. The predicted octanol–water partition coefficient (Wildman–Crippen LogP) is 3.84. The van der Waals surface area contributed by atoms with Crippen LogP contribution in [0.2, 0.25) is 5.28 Å². The minimum atomic E-state index is 0.348. The number of aromatic nitrogens is 2. The van der Waals surface area contributed by atoms with Gasteiger partial charge in [-0.15, -0.1) is 0 Å². The zero-order valence-electron chi connectivity index (χ0n) is 11.2. The van der Waals surface area contributed by atoms with Gasteiger partial charge in [-0.3, -0.25) is 0 Å². The monoisotopic (exact) mass is 275 g/mol. The van der Waals surface area contributed by atoms with E-state index in [-0.39, 0.29) is 0 Å². The van der Waals surface area contributed by atoms with Crippen LogP contribution in [0.1, 0.15) is 31.7 Å². The molecule has 3 nitrogen and oxygen atoms in total. The van der Waals surface area contributed by atoms with Crippen molar-refractivity contribution in [1.82, 2.24) is 9.97 Å². The van der Waals surface area contributed by atoms with Gasteiger partial charge in [-0.2, -0.15) is 4.98 Å². The average Bonchev–Trinajstić information content (AvgIpc) is 2.46. The minimum Gasteiger partial charge on any atom is -0.356 e. The predicted molar refractivity (Wildman–Crippen MR) is 80.0 cm³/mol. The van der Waals surface area contributed by atoms with Crippen molar-refractivity contribution in [2.75, 3.05) is 18.0 Å². The van der Waals surface area contributed by atoms with Crippen LogP contribution in [0.3, 0.4) is 0 Å². The maximum absolute atomic E-state index is 6.09. The molecule has 4 heteroatoms. The summed E-state index contributed by atoms with van der Waals surface area (Å²) in [5.74, 6) is 0.998. The van der Waals surface area contributed by atoms with Gasteiger partial charge >= 0.3 is 0 Å². The lowest BCUT2D eigenvalue weighted by molar-refractivity contribution is 0.574. The van der Waals surface area contributed by atoms with Gasteiger partial charge < -0.3 is 4.90 Å². The van der Waals surface area contributed by atoms with Crippen LogP contribution < -0.4 is 4.90 Å². The molecule has 0 saturated carbocycles. The fourth-order valence-corrected chi connectivity index (χ4v) is 2.87. The third-order valence-corrected chi connectivity index (χ3v) is 3.95. The third-order valence-electron chi connectivity index (χ3n) is 3.78. The lowest BCUT2D eigenvalue weighted by Crippen LogP contribution is -2.30. The van der Waals surface area contributed by atoms with E-state index in [2.05, 4.69) is 40.0 Å². The average molecular weight is 276 g/mol. The summed E-state index contributed by atoms with van der Waals surface area (Å²) in [7, 11) is 0. The van der Waals surface area contributed by atoms with Gasteiger partial charge in [-0.25, -0.2) is 4.98 Å². The number of aryl methyl sites for hydroxylation is 1. The van der Waals surface area contributed by atoms with Crippen LogP contribution in [-0.2, 0) is 6.42 Å². The summed E-state index contributed by atoms with van der Waals surface area (Å²) in [4.78, 5) is 11.2. The van der Waals surface area contributed by atoms with E-state index in [0.29, 0.717) is 5.28 Å². The van der Waals surface area contributed by atoms with Crippen molar-refractivity contribution in [3.8, 4) is 0 Å². The second kappa shape index (κ2) is 5.33. The highest BCUT2D eigenvalue weighted by molar-refractivity contribution is 6.28. The zero-order chi connectivity index (χ0) is 13.2. The van der Waals surface area contributed by atoms with E-state index in [4.69, 9.17) is 11.6 Å². The van der Waals surface area contributed by atoms with E-state index in [1.165, 1.54) is 24.8 Å². The topological polar surface area (TPSA) is 29.0 Å². The van der Waals surface area contributed by atoms with Crippen molar-refractivity contribution in [2.24, 2.45) is 0 Å². The summed E-state index contributed by atoms with van der Waals surface area (Å²) < 4.78 is 0. The van der Waals surface area contributed by atoms with Crippen LogP contribution in [0.15, 0.2) is 18.2 Å². The maximum atomic E-state index is 6.09. The van der Waals surface area contributed by atoms with Crippen molar-refractivity contribution in [1.29, 1.82) is 0 Å². The van der Waals surface area contributed by atoms with Gasteiger partial charge in [0.25, 0.3) is 0 Å². The molecule has 1 aliphatic heterocycles. The van der Waals surface area contributed by atoms with Gasteiger partial charge in [0.15, 0.2) is 0 Å². The Labute approximate surface area is 118 Å². The second-order valence-electron chi connectivity index (χ2n) is 5.07. The Balaban J connectivity index is 2.11. The second-order valence-corrected chi connectivity index (χ2v) is 5.41. The Hall–Kier alpha value is -1.35. The number of halogens is 1. The molecule has 1 fully saturated rings. The van der Waals surface area contributed by atoms with E-state index in [1.54, 1.807) is 0 Å². The van der Waals surface area contributed by atoms with Crippen LogP contribution in [0.4, 0.5) is 5.82 Å². The summed E-state index contributed by atoms with van der Waals surface area (Å²) in [5.41, 5.74) is 2.24. The molecule has 0 spiro atoms. The summed E-state index contributed by atoms with van der Waals surface area (Å²) in [6.45, 7) is 4.28. The number of benzene rings is 1. The molecule has 0 bridgehead atoms. The van der Waals surface area contributed by atoms with Gasteiger partial charge in [-0.1, -0.05) is 13.0 Å². The van der Waals surface area contributed by atoms with Gasteiger partial charge in [-0.05, 0) is 55.0 Å². The van der Waals surface area contributed by atoms with Gasteiger partial charge in [0.05, 0.1) is 5.52 Å². The quantitative estimate of drug-likeness (QED) is 0.780. The molecule has 0 radical (unpaired) electrons. The molecular weight excluding hydrogens is 258 g/mol. The zero-order valence-corrected chi connectivity index (χ0v) is 12.0. The molecule has 0 aliphatic carbocycles. The standard InChI is InChI=1S/C15H18ClN3/c1-2-11-6-7-12-13(10-11)17-15(16)18-14(12)19-8-4-3-5-9-19/h6-7,10H,2-5,8-9H2,1H3. The number of rotatable bonds is 2. The first-order valence-corrected chi connectivity index (χ1v) is 7.37. The lowest BCUT2D eigenvalue weighted by Gasteiger charge is -2.28. The molecule has 1 aliphatic rings. The molecule has 100 valence electrons. The summed E-state index contributed by atoms with van der Waals surface area (Å²) in [5, 5.41) is 1.46. The van der Waals surface area contributed by atoms with Crippen LogP contribution in [0.25, 0.3) is 10.9 Å². The molecule has 2 aromatic rings. The lowest BCUT2D eigenvalue weighted by atomic mass is 10.1. The maximum Gasteiger partial charge on any atom is 0.224 e. The van der Waals surface area contributed by atoms with Gasteiger partial charge in [0, 0.05) is 18.5 Å². The Bertz CT molecular complexity index is 591. The minimum absolute atomic E-state index is 0.348. The van der Waals surface area contributed by atoms with Crippen molar-refractivity contribution >= 4 is 28.3 Å². The highest BCUT2D eigenvalue weighted by Crippen LogP contribution is 2.28. The Morgan fingerprint density at radius 1 is 1.16 bits per heavy atom. The molecule has 0 unspecified atom stereocenters. The Morgan fingerprint density at radius 3 is 2.68 bits per heavy atom. The van der Waals surface area contributed by atoms with E-state index >= 15 is 0 Å². The van der Waals surface area contributed by atoms with Crippen LogP contribution in [0.5, 0.6) is 0 Å². The van der Waals surface area contributed by atoms with E-state index in [9.17, 15) is 0 Å². The third kappa shape index (κ3) is 2.52. The van der Waals surface area contributed by atoms with Crippen molar-refractivity contribution in [2.45, 2.75) is 32.6 Å². The van der Waals surface area contributed by atoms with Crippen LogP contribution >= 0.6 is 11.6 Å². The normalized spacial score (nSPS) is 16.0.